The van der Waals surface area contributed by atoms with Crippen molar-refractivity contribution in [1.29, 1.82) is 0 Å². The highest BCUT2D eigenvalue weighted by atomic mass is 16.5. The molecule has 1 saturated heterocycles. The summed E-state index contributed by atoms with van der Waals surface area (Å²) in [4.78, 5) is 6.93. The first-order chi connectivity index (χ1) is 9.76. The molecule has 0 spiro atoms. The number of rotatable bonds is 7. The predicted molar refractivity (Wildman–Crippen MR) is 83.2 cm³/mol. The van der Waals surface area contributed by atoms with Crippen LogP contribution in [0.5, 0.6) is 0 Å². The molecule has 2 rings (SSSR count). The van der Waals surface area contributed by atoms with Gasteiger partial charge in [0.25, 0.3) is 0 Å². The van der Waals surface area contributed by atoms with Gasteiger partial charge < -0.3 is 15.0 Å². The molecule has 112 valence electrons. The van der Waals surface area contributed by atoms with Gasteiger partial charge in [0.1, 0.15) is 0 Å². The molecule has 1 aliphatic heterocycles. The molecule has 0 bridgehead atoms. The Hall–Kier alpha value is -1.13. The van der Waals surface area contributed by atoms with E-state index in [1.165, 1.54) is 5.69 Å². The quantitative estimate of drug-likeness (QED) is 0.831. The molecule has 4 heteroatoms. The van der Waals surface area contributed by atoms with Crippen molar-refractivity contribution in [1.82, 2.24) is 10.3 Å². The summed E-state index contributed by atoms with van der Waals surface area (Å²) < 4.78 is 5.45. The van der Waals surface area contributed by atoms with Gasteiger partial charge in [0.05, 0.1) is 30.2 Å². The molecule has 20 heavy (non-hydrogen) atoms. The molecule has 1 fully saturated rings. The van der Waals surface area contributed by atoms with Crippen LogP contribution < -0.4 is 10.2 Å². The van der Waals surface area contributed by atoms with Crippen LogP contribution in [0.15, 0.2) is 18.3 Å². The summed E-state index contributed by atoms with van der Waals surface area (Å²) in [5.74, 6) is 0. The predicted octanol–water partition coefficient (Wildman–Crippen LogP) is 2.76. The van der Waals surface area contributed by atoms with Gasteiger partial charge >= 0.3 is 0 Å². The van der Waals surface area contributed by atoms with Crippen LogP contribution in [0, 0.1) is 0 Å². The van der Waals surface area contributed by atoms with E-state index < -0.39 is 0 Å². The van der Waals surface area contributed by atoms with Crippen LogP contribution in [-0.2, 0) is 4.74 Å². The Morgan fingerprint density at radius 3 is 2.85 bits per heavy atom. The highest BCUT2D eigenvalue weighted by Crippen LogP contribution is 2.21. The molecule has 0 aliphatic carbocycles. The summed E-state index contributed by atoms with van der Waals surface area (Å²) in [6.45, 7) is 7.13. The number of aromatic nitrogens is 1. The number of pyridine rings is 1. The lowest BCUT2D eigenvalue weighted by Gasteiger charge is -2.25. The molecular weight excluding hydrogens is 250 g/mol. The molecule has 2 atom stereocenters. The number of anilines is 1. The van der Waals surface area contributed by atoms with Crippen LogP contribution >= 0.6 is 0 Å². The van der Waals surface area contributed by atoms with Crippen LogP contribution in [0.25, 0.3) is 0 Å². The molecule has 1 aliphatic rings. The smallest absolute Gasteiger partial charge is 0.0670 e. The third-order valence-electron chi connectivity index (χ3n) is 4.04. The SMILES string of the molecule is CCCNC(CC)c1ccc(N(C)C2CCOC2)cn1. The molecular formula is C16H27N3O. The Morgan fingerprint density at radius 2 is 2.30 bits per heavy atom. The monoisotopic (exact) mass is 277 g/mol. The Labute approximate surface area is 122 Å². The zero-order valence-corrected chi connectivity index (χ0v) is 12.9. The molecule has 0 radical (unpaired) electrons. The van der Waals surface area contributed by atoms with Gasteiger partial charge in [-0.25, -0.2) is 0 Å². The summed E-state index contributed by atoms with van der Waals surface area (Å²) in [7, 11) is 2.13. The zero-order valence-electron chi connectivity index (χ0n) is 12.9. The van der Waals surface area contributed by atoms with Crippen molar-refractivity contribution < 1.29 is 4.74 Å². The van der Waals surface area contributed by atoms with E-state index >= 15 is 0 Å². The third kappa shape index (κ3) is 3.70. The number of nitrogens with zero attached hydrogens (tertiary/aromatic N) is 2. The van der Waals surface area contributed by atoms with Crippen LogP contribution in [0.4, 0.5) is 5.69 Å². The lowest BCUT2D eigenvalue weighted by Crippen LogP contribution is -2.32. The van der Waals surface area contributed by atoms with Crippen molar-refractivity contribution in [2.24, 2.45) is 0 Å². The Morgan fingerprint density at radius 1 is 1.45 bits per heavy atom. The molecule has 0 aromatic carbocycles. The zero-order chi connectivity index (χ0) is 14.4. The van der Waals surface area contributed by atoms with Crippen molar-refractivity contribution in [2.45, 2.75) is 45.2 Å². The van der Waals surface area contributed by atoms with E-state index in [4.69, 9.17) is 4.74 Å². The lowest BCUT2D eigenvalue weighted by molar-refractivity contribution is 0.193. The van der Waals surface area contributed by atoms with E-state index in [-0.39, 0.29) is 0 Å². The van der Waals surface area contributed by atoms with Crippen LogP contribution in [0.1, 0.15) is 44.8 Å². The second-order valence-electron chi connectivity index (χ2n) is 5.48. The molecule has 1 N–H and O–H groups in total. The molecule has 0 saturated carbocycles. The topological polar surface area (TPSA) is 37.4 Å². The van der Waals surface area contributed by atoms with Gasteiger partial charge in [0, 0.05) is 19.7 Å². The molecule has 4 nitrogen and oxygen atoms in total. The summed E-state index contributed by atoms with van der Waals surface area (Å²) in [5.41, 5.74) is 2.32. The van der Waals surface area contributed by atoms with E-state index in [0.717, 1.165) is 44.7 Å². The minimum atomic E-state index is 0.365. The maximum atomic E-state index is 5.45. The largest absolute Gasteiger partial charge is 0.379 e. The first-order valence-electron chi connectivity index (χ1n) is 7.76. The standard InChI is InChI=1S/C16H27N3O/c1-4-9-17-15(5-2)16-7-6-13(11-18-16)19(3)14-8-10-20-12-14/h6-7,11,14-15,17H,4-5,8-10,12H2,1-3H3. The summed E-state index contributed by atoms with van der Waals surface area (Å²) >= 11 is 0. The Kier molecular flexibility index (Phi) is 5.80. The fourth-order valence-electron chi connectivity index (χ4n) is 2.63. The van der Waals surface area contributed by atoms with Crippen molar-refractivity contribution in [3.8, 4) is 0 Å². The van der Waals surface area contributed by atoms with Gasteiger partial charge in [-0.3, -0.25) is 4.98 Å². The van der Waals surface area contributed by atoms with E-state index in [2.05, 4.69) is 48.2 Å². The molecule has 0 amide bonds. The number of nitrogens with one attached hydrogen (secondary N) is 1. The maximum Gasteiger partial charge on any atom is 0.0670 e. The van der Waals surface area contributed by atoms with Gasteiger partial charge in [-0.1, -0.05) is 13.8 Å². The number of likely N-dealkylation sites (N-methyl/N-ethyl adjacent to an activating group) is 1. The minimum Gasteiger partial charge on any atom is -0.379 e. The van der Waals surface area contributed by atoms with E-state index in [0.29, 0.717) is 12.1 Å². The molecule has 2 heterocycles. The van der Waals surface area contributed by atoms with Crippen LogP contribution in [0.3, 0.4) is 0 Å². The van der Waals surface area contributed by atoms with Crippen molar-refractivity contribution in [3.05, 3.63) is 24.0 Å². The van der Waals surface area contributed by atoms with Crippen molar-refractivity contribution in [3.63, 3.8) is 0 Å². The highest BCUT2D eigenvalue weighted by Gasteiger charge is 2.21. The minimum absolute atomic E-state index is 0.365. The summed E-state index contributed by atoms with van der Waals surface area (Å²) in [5, 5.41) is 3.54. The first kappa shape index (κ1) is 15.3. The van der Waals surface area contributed by atoms with E-state index in [9.17, 15) is 0 Å². The molecule has 1 aromatic heterocycles. The maximum absolute atomic E-state index is 5.45. The van der Waals surface area contributed by atoms with Crippen molar-refractivity contribution >= 4 is 5.69 Å². The first-order valence-corrected chi connectivity index (χ1v) is 7.76. The Balaban J connectivity index is 2.00. The fourth-order valence-corrected chi connectivity index (χ4v) is 2.63. The normalized spacial score (nSPS) is 20.1. The van der Waals surface area contributed by atoms with Gasteiger partial charge in [0.15, 0.2) is 0 Å². The summed E-state index contributed by atoms with van der Waals surface area (Å²) in [6.07, 6.45) is 5.31. The van der Waals surface area contributed by atoms with Crippen LogP contribution in [0.2, 0.25) is 0 Å². The van der Waals surface area contributed by atoms with Crippen molar-refractivity contribution in [2.75, 3.05) is 31.7 Å². The molecule has 1 aromatic rings. The second-order valence-corrected chi connectivity index (χ2v) is 5.48. The van der Waals surface area contributed by atoms with Crippen LogP contribution in [-0.4, -0.2) is 37.8 Å². The number of hydrogen-bond acceptors (Lipinski definition) is 4. The van der Waals surface area contributed by atoms with Gasteiger partial charge in [-0.05, 0) is 37.9 Å². The van der Waals surface area contributed by atoms with E-state index in [1.54, 1.807) is 0 Å². The van der Waals surface area contributed by atoms with Gasteiger partial charge in [-0.2, -0.15) is 0 Å². The average molecular weight is 277 g/mol. The molecule has 2 unspecified atom stereocenters. The number of ether oxygens (including phenoxy) is 1. The lowest BCUT2D eigenvalue weighted by atomic mass is 10.1. The average Bonchev–Trinajstić information content (AvgIpc) is 3.02. The third-order valence-corrected chi connectivity index (χ3v) is 4.04. The Bertz CT molecular complexity index is 387. The van der Waals surface area contributed by atoms with E-state index in [1.807, 2.05) is 6.20 Å². The summed E-state index contributed by atoms with van der Waals surface area (Å²) in [6, 6.07) is 5.18. The van der Waals surface area contributed by atoms with Gasteiger partial charge in [0.2, 0.25) is 0 Å². The number of hydrogen-bond donors (Lipinski definition) is 1. The fraction of sp³-hybridized carbons (Fsp3) is 0.688. The second kappa shape index (κ2) is 7.60. The highest BCUT2D eigenvalue weighted by molar-refractivity contribution is 5.45. The van der Waals surface area contributed by atoms with Gasteiger partial charge in [-0.15, -0.1) is 0 Å².